The van der Waals surface area contributed by atoms with Crippen molar-refractivity contribution in [3.8, 4) is 5.75 Å². The molecule has 5 heteroatoms. The lowest BCUT2D eigenvalue weighted by Gasteiger charge is -2.21. The highest BCUT2D eigenvalue weighted by Crippen LogP contribution is 2.30. The van der Waals surface area contributed by atoms with E-state index in [9.17, 15) is 4.79 Å². The van der Waals surface area contributed by atoms with Crippen molar-refractivity contribution in [1.82, 2.24) is 9.80 Å². The molecule has 0 spiro atoms. The molecule has 2 N–H and O–H groups in total. The second-order valence-corrected chi connectivity index (χ2v) is 4.92. The molecule has 0 bridgehead atoms. The van der Waals surface area contributed by atoms with Crippen LogP contribution in [0.3, 0.4) is 0 Å². The number of benzene rings is 1. The van der Waals surface area contributed by atoms with Crippen LogP contribution in [0.4, 0.5) is 4.79 Å². The first-order valence-electron chi connectivity index (χ1n) is 6.46. The fraction of sp³-hybridized carbons (Fsp3) is 0.500. The molecule has 2 rings (SSSR count). The first-order valence-corrected chi connectivity index (χ1v) is 6.46. The summed E-state index contributed by atoms with van der Waals surface area (Å²) >= 11 is 0. The Bertz CT molecular complexity index is 464. The lowest BCUT2D eigenvalue weighted by Crippen LogP contribution is -2.40. The summed E-state index contributed by atoms with van der Waals surface area (Å²) in [5, 5.41) is 0. The highest BCUT2D eigenvalue weighted by molar-refractivity contribution is 5.77. The minimum Gasteiger partial charge on any atom is -0.497 e. The Morgan fingerprint density at radius 1 is 1.53 bits per heavy atom. The van der Waals surface area contributed by atoms with E-state index in [0.29, 0.717) is 13.1 Å². The molecule has 0 radical (unpaired) electrons. The lowest BCUT2D eigenvalue weighted by molar-refractivity contribution is 0.185. The van der Waals surface area contributed by atoms with Crippen LogP contribution in [-0.4, -0.2) is 49.1 Å². The molecular weight excluding hydrogens is 242 g/mol. The second kappa shape index (κ2) is 5.48. The van der Waals surface area contributed by atoms with Gasteiger partial charge in [-0.1, -0.05) is 12.1 Å². The minimum atomic E-state index is 0.0331. The third-order valence-electron chi connectivity index (χ3n) is 3.74. The summed E-state index contributed by atoms with van der Waals surface area (Å²) in [5.41, 5.74) is 6.74. The molecule has 1 aliphatic rings. The third-order valence-corrected chi connectivity index (χ3v) is 3.74. The zero-order valence-corrected chi connectivity index (χ0v) is 11.7. The van der Waals surface area contributed by atoms with Crippen LogP contribution in [0.1, 0.15) is 18.5 Å². The van der Waals surface area contributed by atoms with Gasteiger partial charge in [0.1, 0.15) is 5.75 Å². The first-order chi connectivity index (χ1) is 9.08. The van der Waals surface area contributed by atoms with E-state index in [1.54, 1.807) is 12.0 Å². The molecule has 0 aromatic heterocycles. The van der Waals surface area contributed by atoms with Gasteiger partial charge >= 0.3 is 6.03 Å². The third kappa shape index (κ3) is 2.51. The van der Waals surface area contributed by atoms with Gasteiger partial charge < -0.3 is 20.3 Å². The van der Waals surface area contributed by atoms with Crippen molar-refractivity contribution in [2.45, 2.75) is 19.0 Å². The summed E-state index contributed by atoms with van der Waals surface area (Å²) < 4.78 is 5.23. The minimum absolute atomic E-state index is 0.0331. The van der Waals surface area contributed by atoms with E-state index in [4.69, 9.17) is 10.5 Å². The fourth-order valence-corrected chi connectivity index (χ4v) is 2.40. The van der Waals surface area contributed by atoms with Crippen molar-refractivity contribution in [3.05, 3.63) is 29.8 Å². The zero-order valence-electron chi connectivity index (χ0n) is 11.7. The Labute approximate surface area is 113 Å². The second-order valence-electron chi connectivity index (χ2n) is 4.92. The Morgan fingerprint density at radius 3 is 2.89 bits per heavy atom. The summed E-state index contributed by atoms with van der Waals surface area (Å²) in [7, 11) is 3.47. The molecule has 1 aromatic carbocycles. The van der Waals surface area contributed by atoms with E-state index in [1.165, 1.54) is 0 Å². The van der Waals surface area contributed by atoms with Gasteiger partial charge in [-0.05, 0) is 24.6 Å². The number of nitrogens with zero attached hydrogens (tertiary/aromatic N) is 2. The van der Waals surface area contributed by atoms with Crippen molar-refractivity contribution in [2.75, 3.05) is 27.2 Å². The number of amides is 2. The standard InChI is InChI=1S/C14H21N3O2/c1-10(8-15)17-9-13(16(2)14(17)18)11-5-4-6-12(7-11)19-3/h4-7,10,13H,8-9,15H2,1-3H3. The molecule has 2 atom stereocenters. The van der Waals surface area contributed by atoms with Crippen LogP contribution < -0.4 is 10.5 Å². The monoisotopic (exact) mass is 263 g/mol. The van der Waals surface area contributed by atoms with Crippen molar-refractivity contribution < 1.29 is 9.53 Å². The molecule has 2 amide bonds. The van der Waals surface area contributed by atoms with Crippen molar-refractivity contribution in [3.63, 3.8) is 0 Å². The molecule has 1 aromatic rings. The highest BCUT2D eigenvalue weighted by atomic mass is 16.5. The SMILES string of the molecule is COc1cccc(C2CN(C(C)CN)C(=O)N2C)c1. The van der Waals surface area contributed by atoms with Gasteiger partial charge in [-0.25, -0.2) is 4.79 Å². The molecule has 104 valence electrons. The van der Waals surface area contributed by atoms with Crippen molar-refractivity contribution >= 4 is 6.03 Å². The van der Waals surface area contributed by atoms with Gasteiger partial charge in [0, 0.05) is 26.2 Å². The smallest absolute Gasteiger partial charge is 0.320 e. The maximum Gasteiger partial charge on any atom is 0.320 e. The number of urea groups is 1. The molecule has 2 unspecified atom stereocenters. The number of hydrogen-bond acceptors (Lipinski definition) is 3. The fourth-order valence-electron chi connectivity index (χ4n) is 2.40. The van der Waals surface area contributed by atoms with E-state index in [0.717, 1.165) is 11.3 Å². The van der Waals surface area contributed by atoms with Gasteiger partial charge in [-0.15, -0.1) is 0 Å². The molecule has 1 aliphatic heterocycles. The van der Waals surface area contributed by atoms with Crippen LogP contribution in [-0.2, 0) is 0 Å². The molecule has 1 saturated heterocycles. The summed E-state index contributed by atoms with van der Waals surface area (Å²) in [6, 6.07) is 7.99. The van der Waals surface area contributed by atoms with Crippen LogP contribution in [0.15, 0.2) is 24.3 Å². The number of carbonyl (C=O) groups is 1. The average Bonchev–Trinajstić information content (AvgIpc) is 2.75. The first kappa shape index (κ1) is 13.7. The number of carbonyl (C=O) groups excluding carboxylic acids is 1. The van der Waals surface area contributed by atoms with Crippen LogP contribution in [0.5, 0.6) is 5.75 Å². The predicted molar refractivity (Wildman–Crippen MR) is 74.1 cm³/mol. The van der Waals surface area contributed by atoms with Crippen LogP contribution in [0.25, 0.3) is 0 Å². The van der Waals surface area contributed by atoms with E-state index in [-0.39, 0.29) is 18.1 Å². The molecular formula is C14H21N3O2. The molecule has 0 saturated carbocycles. The average molecular weight is 263 g/mol. The van der Waals surface area contributed by atoms with Gasteiger partial charge in [0.05, 0.1) is 13.2 Å². The summed E-state index contributed by atoms with van der Waals surface area (Å²) in [4.78, 5) is 15.8. The Balaban J connectivity index is 2.23. The van der Waals surface area contributed by atoms with Gasteiger partial charge in [0.2, 0.25) is 0 Å². The van der Waals surface area contributed by atoms with E-state index < -0.39 is 0 Å². The number of likely N-dealkylation sites (N-methyl/N-ethyl adjacent to an activating group) is 1. The van der Waals surface area contributed by atoms with Crippen molar-refractivity contribution in [2.24, 2.45) is 5.73 Å². The number of nitrogens with two attached hydrogens (primary N) is 1. The quantitative estimate of drug-likeness (QED) is 0.894. The number of methoxy groups -OCH3 is 1. The highest BCUT2D eigenvalue weighted by Gasteiger charge is 2.37. The van der Waals surface area contributed by atoms with Gasteiger partial charge in [-0.3, -0.25) is 0 Å². The zero-order chi connectivity index (χ0) is 14.0. The lowest BCUT2D eigenvalue weighted by atomic mass is 10.1. The van der Waals surface area contributed by atoms with Gasteiger partial charge in [0.15, 0.2) is 0 Å². The molecule has 1 heterocycles. The van der Waals surface area contributed by atoms with E-state index in [2.05, 4.69) is 0 Å². The van der Waals surface area contributed by atoms with E-state index in [1.807, 2.05) is 43.1 Å². The number of ether oxygens (including phenoxy) is 1. The van der Waals surface area contributed by atoms with E-state index >= 15 is 0 Å². The number of hydrogen-bond donors (Lipinski definition) is 1. The summed E-state index contributed by atoms with van der Waals surface area (Å²) in [6.45, 7) is 3.12. The maximum atomic E-state index is 12.2. The largest absolute Gasteiger partial charge is 0.497 e. The Morgan fingerprint density at radius 2 is 2.26 bits per heavy atom. The topological polar surface area (TPSA) is 58.8 Å². The summed E-state index contributed by atoms with van der Waals surface area (Å²) in [6.07, 6.45) is 0. The molecule has 1 fully saturated rings. The number of rotatable bonds is 4. The van der Waals surface area contributed by atoms with Crippen LogP contribution >= 0.6 is 0 Å². The normalized spacial score (nSPS) is 20.8. The maximum absolute atomic E-state index is 12.2. The van der Waals surface area contributed by atoms with Crippen molar-refractivity contribution in [1.29, 1.82) is 0 Å². The van der Waals surface area contributed by atoms with Gasteiger partial charge in [0.25, 0.3) is 0 Å². The summed E-state index contributed by atoms with van der Waals surface area (Å²) in [5.74, 6) is 0.809. The van der Waals surface area contributed by atoms with Crippen LogP contribution in [0, 0.1) is 0 Å². The Hall–Kier alpha value is -1.75. The molecule has 19 heavy (non-hydrogen) atoms. The molecule has 0 aliphatic carbocycles. The Kier molecular flexibility index (Phi) is 3.95. The van der Waals surface area contributed by atoms with Gasteiger partial charge in [-0.2, -0.15) is 0 Å². The molecule has 5 nitrogen and oxygen atoms in total. The predicted octanol–water partition coefficient (Wildman–Crippen LogP) is 1.45. The van der Waals surface area contributed by atoms with Crippen LogP contribution in [0.2, 0.25) is 0 Å².